The maximum Gasteiger partial charge on any atom is 0.118 e. The highest BCUT2D eigenvalue weighted by Gasteiger charge is 2.18. The van der Waals surface area contributed by atoms with Crippen LogP contribution in [0.1, 0.15) is 52.7 Å². The Bertz CT molecular complexity index is 828. The summed E-state index contributed by atoms with van der Waals surface area (Å²) < 4.78 is 0. The van der Waals surface area contributed by atoms with Crippen molar-refractivity contribution in [1.29, 1.82) is 0 Å². The van der Waals surface area contributed by atoms with Crippen molar-refractivity contribution in [3.05, 3.63) is 58.6 Å². The molecule has 3 rings (SSSR count). The first-order valence-electron chi connectivity index (χ1n) is 8.30. The van der Waals surface area contributed by atoms with Gasteiger partial charge in [-0.1, -0.05) is 77.4 Å². The van der Waals surface area contributed by atoms with E-state index in [2.05, 4.69) is 76.0 Å². The number of hydrogen-bond acceptors (Lipinski definition) is 3. The largest absolute Gasteiger partial charge is 0.396 e. The van der Waals surface area contributed by atoms with Gasteiger partial charge in [-0.15, -0.1) is 10.2 Å². The molecular formula is C20H26ClN3O. The highest BCUT2D eigenvalue weighted by Crippen LogP contribution is 2.28. The molecule has 0 fully saturated rings. The van der Waals surface area contributed by atoms with Gasteiger partial charge in [0.2, 0.25) is 0 Å². The number of fused-ring (bicyclic) bond motifs is 1. The van der Waals surface area contributed by atoms with Crippen LogP contribution in [0.4, 0.5) is 0 Å². The lowest BCUT2D eigenvalue weighted by Crippen LogP contribution is -2.15. The number of aromatic nitrogens is 3. The smallest absolute Gasteiger partial charge is 0.118 e. The van der Waals surface area contributed by atoms with Gasteiger partial charge in [0.05, 0.1) is 0 Å². The minimum Gasteiger partial charge on any atom is -0.396 e. The lowest BCUT2D eigenvalue weighted by molar-refractivity contribution is 0.113. The predicted molar refractivity (Wildman–Crippen MR) is 104 cm³/mol. The molecule has 0 saturated heterocycles. The average Bonchev–Trinajstić information content (AvgIpc) is 2.85. The second-order valence-corrected chi connectivity index (χ2v) is 8.62. The standard InChI is InChI=1S/C14H22.C6H4ClN3O/c1-13(2,3)11-8-7-9-12(10-11)14(4,5)6;7-4-1-2-5-6(3-4)9-10(11)8-5/h7-10H,1-6H3;1-3,11H. The van der Waals surface area contributed by atoms with Crippen molar-refractivity contribution in [2.75, 3.05) is 0 Å². The molecule has 0 unspecified atom stereocenters. The van der Waals surface area contributed by atoms with E-state index < -0.39 is 0 Å². The minimum atomic E-state index is 0.251. The summed E-state index contributed by atoms with van der Waals surface area (Å²) in [5, 5.41) is 16.7. The van der Waals surface area contributed by atoms with E-state index in [9.17, 15) is 0 Å². The number of halogens is 1. The molecule has 0 bridgehead atoms. The van der Waals surface area contributed by atoms with E-state index in [4.69, 9.17) is 16.8 Å². The molecule has 5 heteroatoms. The maximum atomic E-state index is 8.80. The summed E-state index contributed by atoms with van der Waals surface area (Å²) in [7, 11) is 0. The predicted octanol–water partition coefficient (Wildman–Crippen LogP) is 5.60. The van der Waals surface area contributed by atoms with Crippen LogP contribution in [-0.2, 0) is 10.8 Å². The van der Waals surface area contributed by atoms with Crippen molar-refractivity contribution < 1.29 is 5.21 Å². The second-order valence-electron chi connectivity index (χ2n) is 8.18. The van der Waals surface area contributed by atoms with Crippen molar-refractivity contribution in [3.8, 4) is 0 Å². The SMILES string of the molecule is CC(C)(C)c1cccc(C(C)(C)C)c1.On1nc2ccc(Cl)cc2n1. The third kappa shape index (κ3) is 5.20. The normalized spacial score (nSPS) is 12.0. The van der Waals surface area contributed by atoms with Gasteiger partial charge >= 0.3 is 0 Å². The zero-order valence-electron chi connectivity index (χ0n) is 15.7. The number of benzene rings is 2. The fraction of sp³-hybridized carbons (Fsp3) is 0.400. The molecule has 25 heavy (non-hydrogen) atoms. The average molecular weight is 360 g/mol. The van der Waals surface area contributed by atoms with E-state index in [1.54, 1.807) is 18.2 Å². The van der Waals surface area contributed by atoms with Crippen molar-refractivity contribution in [2.24, 2.45) is 0 Å². The molecule has 3 aromatic rings. The topological polar surface area (TPSA) is 50.9 Å². The highest BCUT2D eigenvalue weighted by molar-refractivity contribution is 6.31. The van der Waals surface area contributed by atoms with Gasteiger partial charge in [0.1, 0.15) is 11.0 Å². The molecule has 1 heterocycles. The first-order valence-corrected chi connectivity index (χ1v) is 8.67. The van der Waals surface area contributed by atoms with Gasteiger partial charge in [-0.25, -0.2) is 0 Å². The van der Waals surface area contributed by atoms with Gasteiger partial charge in [0.25, 0.3) is 0 Å². The Labute approximate surface area is 154 Å². The van der Waals surface area contributed by atoms with E-state index in [0.717, 1.165) is 0 Å². The maximum absolute atomic E-state index is 8.80. The van der Waals surface area contributed by atoms with Gasteiger partial charge in [-0.2, -0.15) is 0 Å². The van der Waals surface area contributed by atoms with E-state index in [1.807, 2.05) is 0 Å². The quantitative estimate of drug-likeness (QED) is 0.531. The molecule has 0 saturated carbocycles. The Morgan fingerprint density at radius 3 is 1.84 bits per heavy atom. The summed E-state index contributed by atoms with van der Waals surface area (Å²) in [6.07, 6.45) is 0. The lowest BCUT2D eigenvalue weighted by atomic mass is 9.81. The van der Waals surface area contributed by atoms with Gasteiger partial charge in [-0.05, 0) is 45.1 Å². The fourth-order valence-electron chi connectivity index (χ4n) is 2.33. The molecule has 2 aromatic carbocycles. The van der Waals surface area contributed by atoms with Crippen LogP contribution in [0, 0.1) is 0 Å². The van der Waals surface area contributed by atoms with Crippen LogP contribution in [0.25, 0.3) is 11.0 Å². The molecule has 0 aliphatic rings. The molecule has 1 N–H and O–H groups in total. The van der Waals surface area contributed by atoms with Gasteiger partial charge in [-0.3, -0.25) is 0 Å². The molecule has 0 radical (unpaired) electrons. The number of rotatable bonds is 0. The highest BCUT2D eigenvalue weighted by atomic mass is 35.5. The van der Waals surface area contributed by atoms with Gasteiger partial charge in [0.15, 0.2) is 0 Å². The molecule has 1 aromatic heterocycles. The molecule has 134 valence electrons. The Hall–Kier alpha value is -2.07. The molecule has 0 spiro atoms. The van der Waals surface area contributed by atoms with Crippen molar-refractivity contribution >= 4 is 22.6 Å². The zero-order chi connectivity index (χ0) is 18.8. The van der Waals surface area contributed by atoms with Crippen LogP contribution in [0.2, 0.25) is 5.02 Å². The monoisotopic (exact) mass is 359 g/mol. The Morgan fingerprint density at radius 2 is 1.32 bits per heavy atom. The minimum absolute atomic E-state index is 0.251. The first-order chi connectivity index (χ1) is 11.5. The molecule has 0 atom stereocenters. The third-order valence-electron chi connectivity index (χ3n) is 3.93. The Morgan fingerprint density at radius 1 is 0.800 bits per heavy atom. The van der Waals surface area contributed by atoms with E-state index >= 15 is 0 Å². The van der Waals surface area contributed by atoms with Crippen LogP contribution in [0.15, 0.2) is 42.5 Å². The molecular weight excluding hydrogens is 334 g/mol. The number of hydrogen-bond donors (Lipinski definition) is 1. The van der Waals surface area contributed by atoms with Crippen LogP contribution in [-0.4, -0.2) is 20.4 Å². The van der Waals surface area contributed by atoms with Crippen LogP contribution in [0.3, 0.4) is 0 Å². The molecule has 0 aliphatic carbocycles. The zero-order valence-corrected chi connectivity index (χ0v) is 16.5. The summed E-state index contributed by atoms with van der Waals surface area (Å²) in [5.74, 6) is 0. The Kier molecular flexibility index (Phi) is 5.43. The number of nitrogens with zero attached hydrogens (tertiary/aromatic N) is 3. The lowest BCUT2D eigenvalue weighted by Gasteiger charge is -2.24. The van der Waals surface area contributed by atoms with E-state index in [0.29, 0.717) is 21.0 Å². The van der Waals surface area contributed by atoms with Crippen LogP contribution in [0.5, 0.6) is 0 Å². The van der Waals surface area contributed by atoms with E-state index in [1.165, 1.54) is 11.1 Å². The summed E-state index contributed by atoms with van der Waals surface area (Å²) in [4.78, 5) is 0.529. The summed E-state index contributed by atoms with van der Waals surface area (Å²) in [6, 6.07) is 14.0. The van der Waals surface area contributed by atoms with Crippen LogP contribution < -0.4 is 0 Å². The molecule has 0 aliphatic heterocycles. The fourth-order valence-corrected chi connectivity index (χ4v) is 2.49. The first kappa shape index (κ1) is 19.3. The van der Waals surface area contributed by atoms with Crippen molar-refractivity contribution in [3.63, 3.8) is 0 Å². The second kappa shape index (κ2) is 7.04. The van der Waals surface area contributed by atoms with Crippen molar-refractivity contribution in [2.45, 2.75) is 52.4 Å². The summed E-state index contributed by atoms with van der Waals surface area (Å²) in [5.41, 5.74) is 4.55. The Balaban J connectivity index is 0.000000185. The van der Waals surface area contributed by atoms with Gasteiger partial charge in [0, 0.05) is 5.02 Å². The summed E-state index contributed by atoms with van der Waals surface area (Å²) >= 11 is 5.67. The third-order valence-corrected chi connectivity index (χ3v) is 4.16. The van der Waals surface area contributed by atoms with Crippen LogP contribution >= 0.6 is 11.6 Å². The molecule has 4 nitrogen and oxygen atoms in total. The summed E-state index contributed by atoms with van der Waals surface area (Å²) in [6.45, 7) is 13.6. The van der Waals surface area contributed by atoms with E-state index in [-0.39, 0.29) is 10.8 Å². The van der Waals surface area contributed by atoms with Gasteiger partial charge < -0.3 is 5.21 Å². The van der Waals surface area contributed by atoms with Crippen molar-refractivity contribution in [1.82, 2.24) is 15.2 Å². The molecule has 0 amide bonds.